The quantitative estimate of drug-likeness (QED) is 0.866. The third-order valence-electron chi connectivity index (χ3n) is 4.05. The van der Waals surface area contributed by atoms with Gasteiger partial charge in [0.25, 0.3) is 0 Å². The summed E-state index contributed by atoms with van der Waals surface area (Å²) < 4.78 is 9.96. The van der Waals surface area contributed by atoms with Gasteiger partial charge in [0.05, 0.1) is 25.0 Å². The van der Waals surface area contributed by atoms with Crippen molar-refractivity contribution in [2.24, 2.45) is 5.92 Å². The first kappa shape index (κ1) is 16.7. The molecule has 2 aromatic carbocycles. The van der Waals surface area contributed by atoms with E-state index in [1.807, 2.05) is 30.3 Å². The van der Waals surface area contributed by atoms with Gasteiger partial charge in [-0.1, -0.05) is 30.3 Å². The van der Waals surface area contributed by atoms with Gasteiger partial charge >= 0.3 is 11.9 Å². The van der Waals surface area contributed by atoms with E-state index in [0.717, 1.165) is 5.56 Å². The van der Waals surface area contributed by atoms with Gasteiger partial charge < -0.3 is 14.8 Å². The van der Waals surface area contributed by atoms with Crippen LogP contribution >= 0.6 is 0 Å². The van der Waals surface area contributed by atoms with Crippen molar-refractivity contribution in [3.63, 3.8) is 0 Å². The van der Waals surface area contributed by atoms with Gasteiger partial charge in [0, 0.05) is 5.69 Å². The molecular formula is C19H17NO5. The Hall–Kier alpha value is -3.15. The van der Waals surface area contributed by atoms with Crippen molar-refractivity contribution in [2.45, 2.75) is 12.5 Å². The first-order chi connectivity index (χ1) is 12.1. The Bertz CT molecular complexity index is 785. The SMILES string of the molecule is COC(=O)c1ccc(NC(=O)[C@H]2CC(=O)O[C@H]2c2ccccc2)cc1. The number of carbonyl (C=O) groups excluding carboxylic acids is 3. The van der Waals surface area contributed by atoms with Crippen LogP contribution < -0.4 is 5.32 Å². The predicted octanol–water partition coefficient (Wildman–Crippen LogP) is 2.72. The van der Waals surface area contributed by atoms with Crippen molar-refractivity contribution in [1.29, 1.82) is 0 Å². The molecule has 6 nitrogen and oxygen atoms in total. The number of carbonyl (C=O) groups is 3. The molecule has 6 heteroatoms. The minimum absolute atomic E-state index is 0.0334. The second-order valence-corrected chi connectivity index (χ2v) is 5.69. The normalized spacial score (nSPS) is 19.2. The Kier molecular flexibility index (Phi) is 4.79. The van der Waals surface area contributed by atoms with E-state index in [2.05, 4.69) is 10.1 Å². The van der Waals surface area contributed by atoms with Crippen LogP contribution in [0.25, 0.3) is 0 Å². The zero-order valence-electron chi connectivity index (χ0n) is 13.6. The second-order valence-electron chi connectivity index (χ2n) is 5.69. The van der Waals surface area contributed by atoms with Gasteiger partial charge in [-0.15, -0.1) is 0 Å². The number of methoxy groups -OCH3 is 1. The number of benzene rings is 2. The summed E-state index contributed by atoms with van der Waals surface area (Å²) >= 11 is 0. The molecule has 1 N–H and O–H groups in total. The molecule has 2 aromatic rings. The molecule has 1 aliphatic rings. The van der Waals surface area contributed by atoms with Crippen molar-refractivity contribution >= 4 is 23.5 Å². The zero-order chi connectivity index (χ0) is 17.8. The van der Waals surface area contributed by atoms with E-state index >= 15 is 0 Å². The third-order valence-corrected chi connectivity index (χ3v) is 4.05. The van der Waals surface area contributed by atoms with Gasteiger partial charge in [-0.3, -0.25) is 9.59 Å². The van der Waals surface area contributed by atoms with Crippen LogP contribution in [-0.2, 0) is 19.1 Å². The van der Waals surface area contributed by atoms with Gasteiger partial charge in [-0.2, -0.15) is 0 Å². The lowest BCUT2D eigenvalue weighted by molar-refractivity contribution is -0.141. The fourth-order valence-electron chi connectivity index (χ4n) is 2.77. The topological polar surface area (TPSA) is 81.7 Å². The lowest BCUT2D eigenvalue weighted by atomic mass is 9.94. The van der Waals surface area contributed by atoms with Gasteiger partial charge in [0.2, 0.25) is 5.91 Å². The molecule has 1 amide bonds. The summed E-state index contributed by atoms with van der Waals surface area (Å²) in [6.45, 7) is 0. The summed E-state index contributed by atoms with van der Waals surface area (Å²) in [6.07, 6.45) is -0.561. The highest BCUT2D eigenvalue weighted by Gasteiger charge is 2.40. The highest BCUT2D eigenvalue weighted by molar-refractivity contribution is 5.97. The fourth-order valence-corrected chi connectivity index (χ4v) is 2.77. The Morgan fingerprint density at radius 2 is 1.76 bits per heavy atom. The Balaban J connectivity index is 1.73. The smallest absolute Gasteiger partial charge is 0.337 e. The van der Waals surface area contributed by atoms with Gasteiger partial charge in [-0.25, -0.2) is 4.79 Å². The fraction of sp³-hybridized carbons (Fsp3) is 0.211. The van der Waals surface area contributed by atoms with E-state index in [0.29, 0.717) is 11.3 Å². The van der Waals surface area contributed by atoms with E-state index in [1.54, 1.807) is 24.3 Å². The lowest BCUT2D eigenvalue weighted by Crippen LogP contribution is -2.25. The van der Waals surface area contributed by atoms with Gasteiger partial charge in [-0.05, 0) is 29.8 Å². The molecule has 0 spiro atoms. The van der Waals surface area contributed by atoms with Gasteiger partial charge in [0.1, 0.15) is 6.10 Å². The Morgan fingerprint density at radius 1 is 1.08 bits per heavy atom. The van der Waals surface area contributed by atoms with E-state index < -0.39 is 24.0 Å². The summed E-state index contributed by atoms with van der Waals surface area (Å²) in [7, 11) is 1.30. The van der Waals surface area contributed by atoms with Crippen LogP contribution in [0.2, 0.25) is 0 Å². The van der Waals surface area contributed by atoms with E-state index in [9.17, 15) is 14.4 Å². The molecule has 25 heavy (non-hydrogen) atoms. The number of cyclic esters (lactones) is 1. The summed E-state index contributed by atoms with van der Waals surface area (Å²) in [5.74, 6) is -1.74. The molecule has 0 unspecified atom stereocenters. The molecule has 128 valence electrons. The van der Waals surface area contributed by atoms with E-state index in [4.69, 9.17) is 4.74 Å². The molecule has 1 saturated heterocycles. The van der Waals surface area contributed by atoms with Crippen LogP contribution in [0.15, 0.2) is 54.6 Å². The maximum atomic E-state index is 12.6. The summed E-state index contributed by atoms with van der Waals surface area (Å²) in [5, 5.41) is 2.77. The van der Waals surface area contributed by atoms with Crippen molar-refractivity contribution in [1.82, 2.24) is 0 Å². The van der Waals surface area contributed by atoms with Crippen LogP contribution in [0.1, 0.15) is 28.4 Å². The number of hydrogen-bond acceptors (Lipinski definition) is 5. The minimum atomic E-state index is -0.602. The number of anilines is 1. The minimum Gasteiger partial charge on any atom is -0.465 e. The van der Waals surface area contributed by atoms with Crippen molar-refractivity contribution < 1.29 is 23.9 Å². The first-order valence-electron chi connectivity index (χ1n) is 7.82. The number of esters is 2. The first-order valence-corrected chi connectivity index (χ1v) is 7.82. The molecule has 0 saturated carbocycles. The molecule has 0 bridgehead atoms. The molecule has 0 aliphatic carbocycles. The van der Waals surface area contributed by atoms with E-state index in [1.165, 1.54) is 7.11 Å². The molecule has 2 atom stereocenters. The van der Waals surface area contributed by atoms with Crippen LogP contribution in [0, 0.1) is 5.92 Å². The number of hydrogen-bond donors (Lipinski definition) is 1. The Labute approximate surface area is 144 Å². The van der Waals surface area contributed by atoms with Crippen molar-refractivity contribution in [2.75, 3.05) is 12.4 Å². The van der Waals surface area contributed by atoms with Crippen LogP contribution in [0.5, 0.6) is 0 Å². The lowest BCUT2D eigenvalue weighted by Gasteiger charge is -2.17. The zero-order valence-corrected chi connectivity index (χ0v) is 13.6. The number of nitrogens with one attached hydrogen (secondary N) is 1. The van der Waals surface area contributed by atoms with Crippen LogP contribution in [-0.4, -0.2) is 25.0 Å². The maximum absolute atomic E-state index is 12.6. The maximum Gasteiger partial charge on any atom is 0.337 e. The molecule has 1 heterocycles. The van der Waals surface area contributed by atoms with E-state index in [-0.39, 0.29) is 12.3 Å². The molecule has 1 aliphatic heterocycles. The summed E-state index contributed by atoms with van der Waals surface area (Å²) in [5.41, 5.74) is 1.71. The highest BCUT2D eigenvalue weighted by Crippen LogP contribution is 2.36. The second kappa shape index (κ2) is 7.17. The average molecular weight is 339 g/mol. The van der Waals surface area contributed by atoms with Crippen molar-refractivity contribution in [3.05, 3.63) is 65.7 Å². The molecule has 1 fully saturated rings. The third kappa shape index (κ3) is 3.68. The average Bonchev–Trinajstić information content (AvgIpc) is 3.04. The molecular weight excluding hydrogens is 322 g/mol. The van der Waals surface area contributed by atoms with Crippen LogP contribution in [0.3, 0.4) is 0 Å². The summed E-state index contributed by atoms with van der Waals surface area (Å²) in [6, 6.07) is 15.5. The van der Waals surface area contributed by atoms with Crippen molar-refractivity contribution in [3.8, 4) is 0 Å². The van der Waals surface area contributed by atoms with Gasteiger partial charge in [0.15, 0.2) is 0 Å². The number of amides is 1. The number of ether oxygens (including phenoxy) is 2. The monoisotopic (exact) mass is 339 g/mol. The summed E-state index contributed by atoms with van der Waals surface area (Å²) in [4.78, 5) is 35.7. The predicted molar refractivity (Wildman–Crippen MR) is 89.8 cm³/mol. The van der Waals surface area contributed by atoms with Crippen LogP contribution in [0.4, 0.5) is 5.69 Å². The number of rotatable bonds is 4. The Morgan fingerprint density at radius 3 is 2.40 bits per heavy atom. The molecule has 0 aromatic heterocycles. The standard InChI is InChI=1S/C19H17NO5/c1-24-19(23)13-7-9-14(10-8-13)20-18(22)15-11-16(21)25-17(15)12-5-3-2-4-6-12/h2-10,15,17H,11H2,1H3,(H,20,22)/t15-,17-/m0/s1. The molecule has 0 radical (unpaired) electrons. The largest absolute Gasteiger partial charge is 0.465 e. The highest BCUT2D eigenvalue weighted by atomic mass is 16.6. The molecule has 3 rings (SSSR count).